The molecule has 0 unspecified atom stereocenters. The van der Waals surface area contributed by atoms with E-state index >= 15 is 0 Å². The summed E-state index contributed by atoms with van der Waals surface area (Å²) in [5.74, 6) is -0.320. The summed E-state index contributed by atoms with van der Waals surface area (Å²) in [6.07, 6.45) is 5.21. The van der Waals surface area contributed by atoms with Crippen molar-refractivity contribution in [1.82, 2.24) is 4.90 Å². The van der Waals surface area contributed by atoms with Gasteiger partial charge < -0.3 is 5.32 Å². The standard InChI is InChI=1S/C19H20N2O3/c1-11-3-2-4-14(9-11)20-15(22)7-8-21-18(23)16-12-5-6-13(10-12)17(16)19(21)24/h2-6,9,12-13,16-17H,7-8,10H2,1H3,(H,20,22)/t12-,13-,16+,17+/m0/s1. The summed E-state index contributed by atoms with van der Waals surface area (Å²) < 4.78 is 0. The molecule has 1 saturated heterocycles. The van der Waals surface area contributed by atoms with Gasteiger partial charge in [-0.3, -0.25) is 19.3 Å². The maximum atomic E-state index is 12.5. The van der Waals surface area contributed by atoms with Crippen LogP contribution < -0.4 is 5.32 Å². The van der Waals surface area contributed by atoms with Crippen LogP contribution in [0.25, 0.3) is 0 Å². The maximum Gasteiger partial charge on any atom is 0.233 e. The fourth-order valence-electron chi connectivity index (χ4n) is 4.34. The molecule has 1 aliphatic heterocycles. The van der Waals surface area contributed by atoms with Gasteiger partial charge in [0.05, 0.1) is 11.8 Å². The van der Waals surface area contributed by atoms with Crippen LogP contribution in [0.3, 0.4) is 0 Å². The van der Waals surface area contributed by atoms with Gasteiger partial charge in [-0.1, -0.05) is 24.3 Å². The molecule has 124 valence electrons. The molecule has 5 heteroatoms. The van der Waals surface area contributed by atoms with E-state index in [1.54, 1.807) is 0 Å². The minimum absolute atomic E-state index is 0.0924. The minimum atomic E-state index is -0.188. The Labute approximate surface area is 140 Å². The SMILES string of the molecule is Cc1cccc(NC(=O)CCN2C(=O)[C@H]3[C@H](C2=O)[C@H]2C=C[C@H]3C2)c1. The molecule has 3 amide bonds. The second-order valence-corrected chi connectivity index (χ2v) is 7.00. The molecule has 0 spiro atoms. The van der Waals surface area contributed by atoms with Crippen molar-refractivity contribution in [3.63, 3.8) is 0 Å². The summed E-state index contributed by atoms with van der Waals surface area (Å²) in [6, 6.07) is 7.55. The molecule has 0 radical (unpaired) electrons. The summed E-state index contributed by atoms with van der Waals surface area (Å²) in [5.41, 5.74) is 1.80. The number of nitrogens with one attached hydrogen (secondary N) is 1. The van der Waals surface area contributed by atoms with Crippen LogP contribution in [-0.2, 0) is 14.4 Å². The number of carbonyl (C=O) groups is 3. The van der Waals surface area contributed by atoms with Crippen LogP contribution in [-0.4, -0.2) is 29.2 Å². The van der Waals surface area contributed by atoms with Gasteiger partial charge in [-0.15, -0.1) is 0 Å². The molecule has 1 aromatic rings. The molecular weight excluding hydrogens is 304 g/mol. The predicted octanol–water partition coefficient (Wildman–Crippen LogP) is 2.13. The topological polar surface area (TPSA) is 66.5 Å². The highest BCUT2D eigenvalue weighted by Gasteiger charge is 2.58. The van der Waals surface area contributed by atoms with Gasteiger partial charge in [0.1, 0.15) is 0 Å². The van der Waals surface area contributed by atoms with E-state index in [1.807, 2.05) is 31.2 Å². The molecule has 5 nitrogen and oxygen atoms in total. The lowest BCUT2D eigenvalue weighted by molar-refractivity contribution is -0.140. The number of likely N-dealkylation sites (tertiary alicyclic amines) is 1. The summed E-state index contributed by atoms with van der Waals surface area (Å²) >= 11 is 0. The largest absolute Gasteiger partial charge is 0.326 e. The number of imide groups is 1. The van der Waals surface area contributed by atoms with Crippen LogP contribution in [0.5, 0.6) is 0 Å². The lowest BCUT2D eigenvalue weighted by atomic mass is 9.85. The zero-order valence-electron chi connectivity index (χ0n) is 13.6. The van der Waals surface area contributed by atoms with E-state index < -0.39 is 0 Å². The number of allylic oxidation sites excluding steroid dienone is 2. The van der Waals surface area contributed by atoms with Crippen molar-refractivity contribution in [3.8, 4) is 0 Å². The van der Waals surface area contributed by atoms with Crippen molar-refractivity contribution in [2.24, 2.45) is 23.7 Å². The van der Waals surface area contributed by atoms with Gasteiger partial charge in [-0.05, 0) is 42.9 Å². The highest BCUT2D eigenvalue weighted by molar-refractivity contribution is 6.06. The number of amides is 3. The van der Waals surface area contributed by atoms with Gasteiger partial charge in [-0.2, -0.15) is 0 Å². The summed E-state index contributed by atoms with van der Waals surface area (Å²) in [7, 11) is 0. The normalized spacial score (nSPS) is 30.1. The molecule has 1 aromatic carbocycles. The molecule has 1 heterocycles. The minimum Gasteiger partial charge on any atom is -0.326 e. The highest BCUT2D eigenvalue weighted by Crippen LogP contribution is 2.52. The van der Waals surface area contributed by atoms with Crippen LogP contribution in [0.2, 0.25) is 0 Å². The number of rotatable bonds is 4. The first-order valence-corrected chi connectivity index (χ1v) is 8.44. The Kier molecular flexibility index (Phi) is 3.52. The van der Waals surface area contributed by atoms with Gasteiger partial charge in [0.2, 0.25) is 17.7 Å². The third-order valence-corrected chi connectivity index (χ3v) is 5.43. The number of aryl methyl sites for hydroxylation is 1. The maximum absolute atomic E-state index is 12.5. The van der Waals surface area contributed by atoms with E-state index in [4.69, 9.17) is 0 Å². The number of hydrogen-bond acceptors (Lipinski definition) is 3. The Morgan fingerprint density at radius 1 is 1.17 bits per heavy atom. The molecule has 24 heavy (non-hydrogen) atoms. The molecule has 4 rings (SSSR count). The van der Waals surface area contributed by atoms with Gasteiger partial charge in [-0.25, -0.2) is 0 Å². The lowest BCUT2D eigenvalue weighted by Crippen LogP contribution is -2.35. The lowest BCUT2D eigenvalue weighted by Gasteiger charge is -2.17. The van der Waals surface area contributed by atoms with E-state index in [0.29, 0.717) is 0 Å². The third kappa shape index (κ3) is 2.35. The van der Waals surface area contributed by atoms with E-state index in [1.165, 1.54) is 4.90 Å². The smallest absolute Gasteiger partial charge is 0.233 e. The average molecular weight is 324 g/mol. The molecule has 3 aliphatic rings. The summed E-state index contributed by atoms with van der Waals surface area (Å²) in [6.45, 7) is 2.13. The first-order valence-electron chi connectivity index (χ1n) is 8.44. The zero-order valence-corrected chi connectivity index (χ0v) is 13.6. The third-order valence-electron chi connectivity index (χ3n) is 5.43. The highest BCUT2D eigenvalue weighted by atomic mass is 16.2. The Morgan fingerprint density at radius 2 is 1.83 bits per heavy atom. The molecular formula is C19H20N2O3. The second kappa shape index (κ2) is 5.58. The molecule has 2 fully saturated rings. The second-order valence-electron chi connectivity index (χ2n) is 7.00. The van der Waals surface area contributed by atoms with E-state index in [2.05, 4.69) is 17.5 Å². The van der Waals surface area contributed by atoms with Gasteiger partial charge in [0.15, 0.2) is 0 Å². The quantitative estimate of drug-likeness (QED) is 0.681. The molecule has 2 bridgehead atoms. The van der Waals surface area contributed by atoms with E-state index in [9.17, 15) is 14.4 Å². The van der Waals surface area contributed by atoms with E-state index in [0.717, 1.165) is 17.7 Å². The van der Waals surface area contributed by atoms with Gasteiger partial charge >= 0.3 is 0 Å². The number of anilines is 1. The van der Waals surface area contributed by atoms with Crippen molar-refractivity contribution in [1.29, 1.82) is 0 Å². The number of fused-ring (bicyclic) bond motifs is 5. The fourth-order valence-corrected chi connectivity index (χ4v) is 4.34. The zero-order chi connectivity index (χ0) is 16.8. The van der Waals surface area contributed by atoms with Crippen molar-refractivity contribution in [3.05, 3.63) is 42.0 Å². The van der Waals surface area contributed by atoms with Crippen molar-refractivity contribution in [2.75, 3.05) is 11.9 Å². The van der Waals surface area contributed by atoms with Crippen LogP contribution >= 0.6 is 0 Å². The van der Waals surface area contributed by atoms with Crippen molar-refractivity contribution in [2.45, 2.75) is 19.8 Å². The Balaban J connectivity index is 1.37. The van der Waals surface area contributed by atoms with Crippen LogP contribution in [0, 0.1) is 30.6 Å². The van der Waals surface area contributed by atoms with E-state index in [-0.39, 0.29) is 54.4 Å². The average Bonchev–Trinajstić information content (AvgIpc) is 3.20. The Bertz CT molecular complexity index is 725. The van der Waals surface area contributed by atoms with Gasteiger partial charge in [0, 0.05) is 18.7 Å². The number of carbonyl (C=O) groups excluding carboxylic acids is 3. The molecule has 2 aliphatic carbocycles. The molecule has 4 atom stereocenters. The number of benzene rings is 1. The predicted molar refractivity (Wildman–Crippen MR) is 88.9 cm³/mol. The van der Waals surface area contributed by atoms with Crippen molar-refractivity contribution < 1.29 is 14.4 Å². The van der Waals surface area contributed by atoms with Crippen molar-refractivity contribution >= 4 is 23.4 Å². The summed E-state index contributed by atoms with van der Waals surface area (Å²) in [5, 5.41) is 2.82. The van der Waals surface area contributed by atoms with Gasteiger partial charge in [0.25, 0.3) is 0 Å². The van der Waals surface area contributed by atoms with Crippen LogP contribution in [0.4, 0.5) is 5.69 Å². The monoisotopic (exact) mass is 324 g/mol. The fraction of sp³-hybridized carbons (Fsp3) is 0.421. The Morgan fingerprint density at radius 3 is 2.46 bits per heavy atom. The van der Waals surface area contributed by atoms with Crippen LogP contribution in [0.1, 0.15) is 18.4 Å². The molecule has 0 aromatic heterocycles. The number of hydrogen-bond donors (Lipinski definition) is 1. The Hall–Kier alpha value is -2.43. The first-order chi connectivity index (χ1) is 11.5. The number of nitrogens with zero attached hydrogens (tertiary/aromatic N) is 1. The first kappa shape index (κ1) is 15.1. The summed E-state index contributed by atoms with van der Waals surface area (Å²) in [4.78, 5) is 38.5. The molecule has 1 saturated carbocycles. The van der Waals surface area contributed by atoms with Crippen LogP contribution in [0.15, 0.2) is 36.4 Å². The molecule has 1 N–H and O–H groups in total.